The summed E-state index contributed by atoms with van der Waals surface area (Å²) < 4.78 is 8.74. The third kappa shape index (κ3) is 7.97. The maximum absolute atomic E-state index is 9.82. The standard InChI is InChI=1S/C39H36N10O2/c40-36-7-9-38(32-5-3-30(50)25-34(32)36)44-42-28-11-19-46(20-12-28)15-1-17-48-23-24-49(27-48)18-2-16-47-21-13-29(14-22-47)43-45-39-10-8-37(41)35-26-31(51)4-6-33(35)39/h3-14,19-27,40-41H,1-2,15-18H2,(H-,44,45,50,51)/p+3. The van der Waals surface area contributed by atoms with E-state index in [9.17, 15) is 10.2 Å². The highest BCUT2D eigenvalue weighted by atomic mass is 16.3. The van der Waals surface area contributed by atoms with Crippen LogP contribution in [0.4, 0.5) is 34.1 Å². The molecule has 0 bridgehead atoms. The van der Waals surface area contributed by atoms with E-state index in [4.69, 9.17) is 11.5 Å². The number of azo groups is 2. The second-order valence-corrected chi connectivity index (χ2v) is 12.4. The topological polar surface area (TPSA) is 159 Å². The number of aromatic hydroxyl groups is 2. The van der Waals surface area contributed by atoms with Crippen LogP contribution in [0.5, 0.6) is 11.5 Å². The Kier molecular flexibility index (Phi) is 9.55. The second kappa shape index (κ2) is 14.8. The van der Waals surface area contributed by atoms with Crippen LogP contribution in [0.15, 0.2) is 149 Å². The third-order valence-corrected chi connectivity index (χ3v) is 8.73. The molecule has 0 radical (unpaired) electrons. The van der Waals surface area contributed by atoms with E-state index in [0.717, 1.165) is 71.9 Å². The molecule has 12 heteroatoms. The Balaban J connectivity index is 0.851. The van der Waals surface area contributed by atoms with Crippen molar-refractivity contribution in [3.63, 3.8) is 0 Å². The predicted octanol–water partition coefficient (Wildman–Crippen LogP) is 7.24. The van der Waals surface area contributed by atoms with Gasteiger partial charge in [-0.2, -0.15) is 10.2 Å². The van der Waals surface area contributed by atoms with Gasteiger partial charge in [0, 0.05) is 70.0 Å². The molecular weight excluding hydrogens is 640 g/mol. The molecule has 0 fully saturated rings. The largest absolute Gasteiger partial charge is 0.508 e. The number of imidazole rings is 1. The number of phenols is 2. The first-order valence-electron chi connectivity index (χ1n) is 16.8. The minimum Gasteiger partial charge on any atom is -0.508 e. The van der Waals surface area contributed by atoms with E-state index >= 15 is 0 Å². The molecule has 12 nitrogen and oxygen atoms in total. The predicted molar refractivity (Wildman–Crippen MR) is 196 cm³/mol. The van der Waals surface area contributed by atoms with Crippen molar-refractivity contribution < 1.29 is 23.9 Å². The van der Waals surface area contributed by atoms with E-state index in [1.54, 1.807) is 48.5 Å². The Morgan fingerprint density at radius 1 is 0.510 bits per heavy atom. The zero-order chi connectivity index (χ0) is 35.2. The molecule has 7 rings (SSSR count). The van der Waals surface area contributed by atoms with Gasteiger partial charge in [-0.3, -0.25) is 0 Å². The number of fused-ring (bicyclic) bond motifs is 2. The summed E-state index contributed by atoms with van der Waals surface area (Å²) in [5.41, 5.74) is 16.2. The number of pyridine rings is 2. The highest BCUT2D eigenvalue weighted by molar-refractivity contribution is 6.01. The van der Waals surface area contributed by atoms with E-state index in [0.29, 0.717) is 22.7 Å². The van der Waals surface area contributed by atoms with Gasteiger partial charge in [0.15, 0.2) is 37.9 Å². The Morgan fingerprint density at radius 3 is 1.53 bits per heavy atom. The van der Waals surface area contributed by atoms with Crippen LogP contribution >= 0.6 is 0 Å². The van der Waals surface area contributed by atoms with E-state index in [1.165, 1.54) is 0 Å². The average Bonchev–Trinajstić information content (AvgIpc) is 3.60. The number of nitrogens with two attached hydrogens (primary N) is 2. The number of rotatable bonds is 12. The van der Waals surface area contributed by atoms with Crippen LogP contribution in [0.3, 0.4) is 0 Å². The van der Waals surface area contributed by atoms with Crippen LogP contribution in [-0.4, -0.2) is 14.8 Å². The SMILES string of the molecule is Nc1ccc(/N=N\c2cc[n+](CCCn3cc[n+](CCC[n+]4ccc(/N=N\c5ccc(N)c6cc(O)ccc56)cc4)c3)cc2)c2ccc(O)cc12. The van der Waals surface area contributed by atoms with Crippen LogP contribution in [0.1, 0.15) is 12.8 Å². The second-order valence-electron chi connectivity index (χ2n) is 12.4. The minimum atomic E-state index is 0.164. The van der Waals surface area contributed by atoms with Gasteiger partial charge >= 0.3 is 0 Å². The molecule has 0 saturated carbocycles. The average molecular weight is 680 g/mol. The Bertz CT molecular complexity index is 2200. The number of hydrogen-bond acceptors (Lipinski definition) is 8. The summed E-state index contributed by atoms with van der Waals surface area (Å²) in [6, 6.07) is 25.1. The first-order valence-corrected chi connectivity index (χ1v) is 16.8. The molecular formula is C39H39N10O2+3. The lowest BCUT2D eigenvalue weighted by molar-refractivity contribution is -0.726. The lowest BCUT2D eigenvalue weighted by atomic mass is 10.1. The Morgan fingerprint density at radius 2 is 1.00 bits per heavy atom. The number of nitrogen functional groups attached to an aromatic ring is 2. The summed E-state index contributed by atoms with van der Waals surface area (Å²) in [6.07, 6.45) is 16.5. The molecule has 0 atom stereocenters. The van der Waals surface area contributed by atoms with Crippen molar-refractivity contribution in [1.29, 1.82) is 0 Å². The first-order chi connectivity index (χ1) is 24.9. The number of aromatic nitrogens is 4. The maximum atomic E-state index is 9.82. The van der Waals surface area contributed by atoms with Crippen molar-refractivity contribution in [3.8, 4) is 11.5 Å². The summed E-state index contributed by atoms with van der Waals surface area (Å²) in [7, 11) is 0. The van der Waals surface area contributed by atoms with E-state index in [2.05, 4.69) is 57.4 Å². The number of aryl methyl sites for hydroxylation is 4. The molecule has 0 aliphatic carbocycles. The number of nitrogens with zero attached hydrogens (tertiary/aromatic N) is 8. The summed E-state index contributed by atoms with van der Waals surface area (Å²) in [5.74, 6) is 0.327. The Hall–Kier alpha value is -6.69. The lowest BCUT2D eigenvalue weighted by Gasteiger charge is -2.05. The van der Waals surface area contributed by atoms with Gasteiger partial charge in [-0.15, -0.1) is 10.2 Å². The molecule has 0 aliphatic rings. The molecule has 3 aromatic heterocycles. The van der Waals surface area contributed by atoms with Crippen molar-refractivity contribution in [3.05, 3.63) is 128 Å². The highest BCUT2D eigenvalue weighted by Crippen LogP contribution is 2.35. The highest BCUT2D eigenvalue weighted by Gasteiger charge is 2.10. The summed E-state index contributed by atoms with van der Waals surface area (Å²) in [4.78, 5) is 0. The molecule has 0 aliphatic heterocycles. The molecule has 4 aromatic carbocycles. The number of hydrogen-bond donors (Lipinski definition) is 4. The summed E-state index contributed by atoms with van der Waals surface area (Å²) in [5, 5.41) is 40.5. The van der Waals surface area contributed by atoms with Gasteiger partial charge < -0.3 is 21.7 Å². The summed E-state index contributed by atoms with van der Waals surface area (Å²) >= 11 is 0. The van der Waals surface area contributed by atoms with Gasteiger partial charge in [-0.25, -0.2) is 18.3 Å². The molecule has 0 unspecified atom stereocenters. The van der Waals surface area contributed by atoms with Gasteiger partial charge in [-0.1, -0.05) is 0 Å². The number of anilines is 2. The molecule has 0 amide bonds. The van der Waals surface area contributed by atoms with Crippen molar-refractivity contribution >= 4 is 55.7 Å². The molecule has 254 valence electrons. The fraction of sp³-hybridized carbons (Fsp3) is 0.154. The zero-order valence-corrected chi connectivity index (χ0v) is 28.0. The van der Waals surface area contributed by atoms with Crippen molar-refractivity contribution in [2.24, 2.45) is 20.5 Å². The van der Waals surface area contributed by atoms with E-state index < -0.39 is 0 Å². The molecule has 7 aromatic rings. The smallest absolute Gasteiger partial charge is 0.243 e. The molecule has 3 heterocycles. The fourth-order valence-electron chi connectivity index (χ4n) is 5.99. The lowest BCUT2D eigenvalue weighted by Crippen LogP contribution is -2.37. The van der Waals surface area contributed by atoms with Gasteiger partial charge in [0.05, 0.1) is 35.8 Å². The monoisotopic (exact) mass is 679 g/mol. The van der Waals surface area contributed by atoms with Crippen LogP contribution in [0.25, 0.3) is 21.5 Å². The quantitative estimate of drug-likeness (QED) is 0.0609. The number of benzene rings is 4. The minimum absolute atomic E-state index is 0.164. The molecule has 0 spiro atoms. The van der Waals surface area contributed by atoms with E-state index in [-0.39, 0.29) is 11.5 Å². The third-order valence-electron chi connectivity index (χ3n) is 8.73. The van der Waals surface area contributed by atoms with Gasteiger partial charge in [-0.05, 0) is 60.7 Å². The Labute approximate surface area is 294 Å². The molecule has 51 heavy (non-hydrogen) atoms. The van der Waals surface area contributed by atoms with Crippen molar-refractivity contribution in [1.82, 2.24) is 4.57 Å². The molecule has 6 N–H and O–H groups in total. The van der Waals surface area contributed by atoms with Crippen LogP contribution in [0.2, 0.25) is 0 Å². The molecule has 0 saturated heterocycles. The fourth-order valence-corrected chi connectivity index (χ4v) is 5.99. The first kappa shape index (κ1) is 32.8. The van der Waals surface area contributed by atoms with Crippen molar-refractivity contribution in [2.45, 2.75) is 39.0 Å². The van der Waals surface area contributed by atoms with Crippen LogP contribution in [-0.2, 0) is 26.2 Å². The van der Waals surface area contributed by atoms with Gasteiger partial charge in [0.1, 0.15) is 23.9 Å². The van der Waals surface area contributed by atoms with Crippen LogP contribution < -0.4 is 25.2 Å². The van der Waals surface area contributed by atoms with Gasteiger partial charge in [0.25, 0.3) is 0 Å². The van der Waals surface area contributed by atoms with Crippen LogP contribution in [0, 0.1) is 0 Å². The zero-order valence-electron chi connectivity index (χ0n) is 28.0. The van der Waals surface area contributed by atoms with Crippen molar-refractivity contribution in [2.75, 3.05) is 11.5 Å². The maximum Gasteiger partial charge on any atom is 0.243 e. The number of phenolic OH excluding ortho intramolecular Hbond substituents is 2. The van der Waals surface area contributed by atoms with Gasteiger partial charge in [0.2, 0.25) is 6.33 Å². The summed E-state index contributed by atoms with van der Waals surface area (Å²) in [6.45, 7) is 3.60. The normalized spacial score (nSPS) is 11.8. The van der Waals surface area contributed by atoms with E-state index in [1.807, 2.05) is 61.2 Å².